The molecule has 0 spiro atoms. The Bertz CT molecular complexity index is 1010. The fourth-order valence-electron chi connectivity index (χ4n) is 3.96. The minimum Gasteiger partial charge on any atom is -0.360 e. The fourth-order valence-corrected chi connectivity index (χ4v) is 3.96. The molecule has 30 heavy (non-hydrogen) atoms. The number of carbonyl (C=O) groups is 1. The molecule has 1 aliphatic rings. The quantitative estimate of drug-likeness (QED) is 0.679. The number of rotatable bonds is 5. The molecule has 1 saturated heterocycles. The van der Waals surface area contributed by atoms with Gasteiger partial charge < -0.3 is 15.1 Å². The maximum absolute atomic E-state index is 13.1. The van der Waals surface area contributed by atoms with Gasteiger partial charge in [-0.25, -0.2) is 9.07 Å². The lowest BCUT2D eigenvalue weighted by atomic mass is 10.2. The van der Waals surface area contributed by atoms with E-state index in [2.05, 4.69) is 15.3 Å². The molecule has 0 aliphatic carbocycles. The molecule has 1 aromatic heterocycles. The summed E-state index contributed by atoms with van der Waals surface area (Å²) < 4.78 is 15.0. The zero-order chi connectivity index (χ0) is 21.1. The molecule has 0 unspecified atom stereocenters. The lowest BCUT2D eigenvalue weighted by Crippen LogP contribution is -3.15. The molecule has 2 heterocycles. The van der Waals surface area contributed by atoms with Crippen molar-refractivity contribution in [2.24, 2.45) is 0 Å². The number of aromatic nitrogens is 2. The van der Waals surface area contributed by atoms with Crippen molar-refractivity contribution in [2.75, 3.05) is 42.9 Å². The maximum atomic E-state index is 13.1. The monoisotopic (exact) mass is 408 g/mol. The summed E-state index contributed by atoms with van der Waals surface area (Å²) in [5.41, 5.74) is 4.51. The molecule has 0 atom stereocenters. The molecule has 1 aliphatic heterocycles. The van der Waals surface area contributed by atoms with Crippen molar-refractivity contribution in [2.45, 2.75) is 13.8 Å². The highest BCUT2D eigenvalue weighted by Crippen LogP contribution is 2.22. The molecule has 2 aromatic carbocycles. The van der Waals surface area contributed by atoms with Crippen LogP contribution in [0.2, 0.25) is 0 Å². The highest BCUT2D eigenvalue weighted by Gasteiger charge is 2.23. The molecular weight excluding hydrogens is 381 g/mol. The molecule has 156 valence electrons. The normalized spacial score (nSPS) is 14.7. The highest BCUT2D eigenvalue weighted by molar-refractivity contribution is 5.92. The van der Waals surface area contributed by atoms with E-state index in [1.165, 1.54) is 17.0 Å². The Labute approximate surface area is 175 Å². The number of hydrogen-bond acceptors (Lipinski definition) is 3. The van der Waals surface area contributed by atoms with Gasteiger partial charge in [0.05, 0.1) is 48.9 Å². The van der Waals surface area contributed by atoms with Gasteiger partial charge in [0.15, 0.2) is 6.54 Å². The van der Waals surface area contributed by atoms with Crippen molar-refractivity contribution in [1.29, 1.82) is 0 Å². The minimum atomic E-state index is -0.221. The van der Waals surface area contributed by atoms with E-state index < -0.39 is 0 Å². The standard InChI is InChI=1S/C23H26FN5O/c1-17-23(18(2)29(26-17)21-6-4-3-5-7-21)25-22(30)16-27-12-14-28(15-13-27)20-10-8-19(24)9-11-20/h3-11H,12-16H2,1-2H3,(H,25,30)/p+1. The molecule has 3 aromatic rings. The molecule has 1 amide bonds. The first-order chi connectivity index (χ1) is 14.5. The van der Waals surface area contributed by atoms with E-state index in [-0.39, 0.29) is 11.7 Å². The summed E-state index contributed by atoms with van der Waals surface area (Å²) in [7, 11) is 0. The lowest BCUT2D eigenvalue weighted by molar-refractivity contribution is -0.892. The molecule has 0 saturated carbocycles. The Hall–Kier alpha value is -3.19. The van der Waals surface area contributed by atoms with E-state index in [9.17, 15) is 9.18 Å². The van der Waals surface area contributed by atoms with Gasteiger partial charge in [-0.15, -0.1) is 0 Å². The van der Waals surface area contributed by atoms with E-state index in [0.29, 0.717) is 6.54 Å². The predicted molar refractivity (Wildman–Crippen MR) is 116 cm³/mol. The van der Waals surface area contributed by atoms with Crippen molar-refractivity contribution in [3.8, 4) is 5.69 Å². The summed E-state index contributed by atoms with van der Waals surface area (Å²) in [5.74, 6) is -0.222. The number of benzene rings is 2. The van der Waals surface area contributed by atoms with Crippen LogP contribution in [0.15, 0.2) is 54.6 Å². The molecule has 7 heteroatoms. The fraction of sp³-hybridized carbons (Fsp3) is 0.304. The number of piperazine rings is 1. The average Bonchev–Trinajstić information content (AvgIpc) is 3.04. The van der Waals surface area contributed by atoms with Crippen LogP contribution in [0.1, 0.15) is 11.4 Å². The first-order valence-electron chi connectivity index (χ1n) is 10.3. The number of halogens is 1. The van der Waals surface area contributed by atoms with Gasteiger partial charge in [-0.3, -0.25) is 4.79 Å². The van der Waals surface area contributed by atoms with Crippen LogP contribution >= 0.6 is 0 Å². The predicted octanol–water partition coefficient (Wildman–Crippen LogP) is 1.97. The number of quaternary nitrogens is 1. The minimum absolute atomic E-state index is 0.000885. The zero-order valence-corrected chi connectivity index (χ0v) is 17.4. The number of amides is 1. The van der Waals surface area contributed by atoms with Crippen molar-refractivity contribution in [3.05, 3.63) is 71.8 Å². The van der Waals surface area contributed by atoms with Gasteiger partial charge in [0, 0.05) is 5.69 Å². The second-order valence-corrected chi connectivity index (χ2v) is 7.73. The number of nitrogens with zero attached hydrogens (tertiary/aromatic N) is 3. The summed E-state index contributed by atoms with van der Waals surface area (Å²) in [4.78, 5) is 16.2. The molecule has 4 rings (SSSR count). The third-order valence-corrected chi connectivity index (χ3v) is 5.63. The topological polar surface area (TPSA) is 54.6 Å². The second-order valence-electron chi connectivity index (χ2n) is 7.73. The average molecular weight is 409 g/mol. The van der Waals surface area contributed by atoms with Crippen LogP contribution in [-0.2, 0) is 4.79 Å². The Kier molecular flexibility index (Phi) is 5.81. The first kappa shape index (κ1) is 20.1. The highest BCUT2D eigenvalue weighted by atomic mass is 19.1. The zero-order valence-electron chi connectivity index (χ0n) is 17.4. The first-order valence-corrected chi connectivity index (χ1v) is 10.3. The Morgan fingerprint density at radius 3 is 2.37 bits per heavy atom. The Morgan fingerprint density at radius 2 is 1.70 bits per heavy atom. The van der Waals surface area contributed by atoms with Crippen LogP contribution in [0.5, 0.6) is 0 Å². The number of nitrogens with one attached hydrogen (secondary N) is 2. The van der Waals surface area contributed by atoms with Gasteiger partial charge in [-0.1, -0.05) is 18.2 Å². The van der Waals surface area contributed by atoms with Crippen LogP contribution in [-0.4, -0.2) is 48.4 Å². The molecule has 0 bridgehead atoms. The van der Waals surface area contributed by atoms with Crippen LogP contribution < -0.4 is 15.1 Å². The Morgan fingerprint density at radius 1 is 1.03 bits per heavy atom. The van der Waals surface area contributed by atoms with Crippen molar-refractivity contribution < 1.29 is 14.1 Å². The Balaban J connectivity index is 1.35. The summed E-state index contributed by atoms with van der Waals surface area (Å²) in [5, 5.41) is 7.66. The summed E-state index contributed by atoms with van der Waals surface area (Å²) in [6.45, 7) is 7.73. The third-order valence-electron chi connectivity index (χ3n) is 5.63. The van der Waals surface area contributed by atoms with Gasteiger partial charge in [-0.05, 0) is 50.2 Å². The molecule has 0 radical (unpaired) electrons. The van der Waals surface area contributed by atoms with Gasteiger partial charge in [0.25, 0.3) is 5.91 Å². The number of anilines is 2. The molecular formula is C23H27FN5O+. The number of para-hydroxylation sites is 1. The molecule has 6 nitrogen and oxygen atoms in total. The maximum Gasteiger partial charge on any atom is 0.279 e. The van der Waals surface area contributed by atoms with Gasteiger partial charge in [0.1, 0.15) is 5.82 Å². The van der Waals surface area contributed by atoms with Crippen molar-refractivity contribution in [1.82, 2.24) is 9.78 Å². The van der Waals surface area contributed by atoms with Crippen LogP contribution in [0.3, 0.4) is 0 Å². The number of carbonyl (C=O) groups excluding carboxylic acids is 1. The van der Waals surface area contributed by atoms with Gasteiger partial charge in [-0.2, -0.15) is 5.10 Å². The van der Waals surface area contributed by atoms with Crippen LogP contribution in [0.25, 0.3) is 5.69 Å². The van der Waals surface area contributed by atoms with E-state index in [1.54, 1.807) is 0 Å². The number of aryl methyl sites for hydroxylation is 1. The van der Waals surface area contributed by atoms with Crippen molar-refractivity contribution in [3.63, 3.8) is 0 Å². The lowest BCUT2D eigenvalue weighted by Gasteiger charge is -2.33. The van der Waals surface area contributed by atoms with Gasteiger partial charge in [0.2, 0.25) is 0 Å². The smallest absolute Gasteiger partial charge is 0.279 e. The summed E-state index contributed by atoms with van der Waals surface area (Å²) in [6, 6.07) is 16.5. The molecule has 1 fully saturated rings. The number of hydrogen-bond donors (Lipinski definition) is 2. The summed E-state index contributed by atoms with van der Waals surface area (Å²) in [6.07, 6.45) is 0. The van der Waals surface area contributed by atoms with Crippen LogP contribution in [0.4, 0.5) is 15.8 Å². The summed E-state index contributed by atoms with van der Waals surface area (Å²) >= 11 is 0. The second kappa shape index (κ2) is 8.67. The van der Waals surface area contributed by atoms with Gasteiger partial charge >= 0.3 is 0 Å². The molecule has 2 N–H and O–H groups in total. The SMILES string of the molecule is Cc1nn(-c2ccccc2)c(C)c1NC(=O)C[NH+]1CCN(c2ccc(F)cc2)CC1. The van der Waals surface area contributed by atoms with Crippen LogP contribution in [0, 0.1) is 19.7 Å². The van der Waals surface area contributed by atoms with E-state index >= 15 is 0 Å². The van der Waals surface area contributed by atoms with Crippen molar-refractivity contribution >= 4 is 17.3 Å². The largest absolute Gasteiger partial charge is 0.360 e. The van der Waals surface area contributed by atoms with E-state index in [4.69, 9.17) is 0 Å². The third kappa shape index (κ3) is 4.36. The van der Waals surface area contributed by atoms with E-state index in [0.717, 1.165) is 54.6 Å². The van der Waals surface area contributed by atoms with E-state index in [1.807, 2.05) is 61.0 Å².